The number of benzene rings is 1. The number of halogens is 1. The minimum Gasteiger partial charge on any atom is -0.298 e. The summed E-state index contributed by atoms with van der Waals surface area (Å²) in [5.74, 6) is -0.526. The zero-order valence-electron chi connectivity index (χ0n) is 8.70. The van der Waals surface area contributed by atoms with Crippen LogP contribution in [0.3, 0.4) is 0 Å². The van der Waals surface area contributed by atoms with Crippen molar-refractivity contribution in [2.24, 2.45) is 5.92 Å². The molecule has 0 amide bonds. The molecule has 0 aliphatic carbocycles. The van der Waals surface area contributed by atoms with E-state index in [9.17, 15) is 13.4 Å². The monoisotopic (exact) mass is 228 g/mol. The lowest BCUT2D eigenvalue weighted by Crippen LogP contribution is -2.16. The SMILES string of the molecule is CC(C)C(=O)CS(=O)c1ccc(F)cc1. The second-order valence-corrected chi connectivity index (χ2v) is 5.02. The van der Waals surface area contributed by atoms with Crippen LogP contribution in [0.5, 0.6) is 0 Å². The molecule has 0 aromatic heterocycles. The second kappa shape index (κ2) is 5.16. The lowest BCUT2D eigenvalue weighted by atomic mass is 10.1. The average molecular weight is 228 g/mol. The minimum absolute atomic E-state index is 0.00327. The predicted octanol–water partition coefficient (Wildman–Crippen LogP) is 2.16. The molecule has 0 fully saturated rings. The molecule has 0 aliphatic rings. The average Bonchev–Trinajstić information content (AvgIpc) is 2.18. The van der Waals surface area contributed by atoms with Gasteiger partial charge in [0.2, 0.25) is 0 Å². The summed E-state index contributed by atoms with van der Waals surface area (Å²) in [4.78, 5) is 11.8. The molecule has 1 aromatic rings. The van der Waals surface area contributed by atoms with E-state index < -0.39 is 10.8 Å². The maximum absolute atomic E-state index is 12.6. The number of carbonyl (C=O) groups is 1. The molecule has 0 radical (unpaired) electrons. The van der Waals surface area contributed by atoms with Gasteiger partial charge in [0.25, 0.3) is 0 Å². The fourth-order valence-corrected chi connectivity index (χ4v) is 2.16. The molecular weight excluding hydrogens is 215 g/mol. The standard InChI is InChI=1S/C11H13FO2S/c1-8(2)11(13)7-15(14)10-5-3-9(12)4-6-10/h3-6,8H,7H2,1-2H3. The van der Waals surface area contributed by atoms with E-state index in [-0.39, 0.29) is 23.3 Å². The summed E-state index contributed by atoms with van der Waals surface area (Å²) in [5.41, 5.74) is 0. The number of carbonyl (C=O) groups excluding carboxylic acids is 1. The topological polar surface area (TPSA) is 34.1 Å². The maximum Gasteiger partial charge on any atom is 0.148 e. The Hall–Kier alpha value is -1.03. The molecule has 1 rings (SSSR count). The number of hydrogen-bond donors (Lipinski definition) is 0. The second-order valence-electron chi connectivity index (χ2n) is 3.56. The van der Waals surface area contributed by atoms with E-state index in [1.165, 1.54) is 24.3 Å². The summed E-state index contributed by atoms with van der Waals surface area (Å²) in [6.07, 6.45) is 0. The van der Waals surface area contributed by atoms with Crippen molar-refractivity contribution in [3.63, 3.8) is 0 Å². The summed E-state index contributed by atoms with van der Waals surface area (Å²) in [6, 6.07) is 5.37. The summed E-state index contributed by atoms with van der Waals surface area (Å²) in [5, 5.41) is 0. The van der Waals surface area contributed by atoms with Crippen LogP contribution in [0, 0.1) is 11.7 Å². The smallest absolute Gasteiger partial charge is 0.148 e. The first-order chi connectivity index (χ1) is 7.00. The van der Waals surface area contributed by atoms with Crippen molar-refractivity contribution in [3.8, 4) is 0 Å². The first kappa shape index (κ1) is 12.0. The van der Waals surface area contributed by atoms with Gasteiger partial charge in [0, 0.05) is 10.8 Å². The normalized spacial score (nSPS) is 12.8. The van der Waals surface area contributed by atoms with E-state index in [2.05, 4.69) is 0 Å². The zero-order chi connectivity index (χ0) is 11.4. The van der Waals surface area contributed by atoms with Crippen molar-refractivity contribution in [1.82, 2.24) is 0 Å². The van der Waals surface area contributed by atoms with Gasteiger partial charge < -0.3 is 0 Å². The van der Waals surface area contributed by atoms with Crippen LogP contribution in [0.25, 0.3) is 0 Å². The molecule has 0 spiro atoms. The number of rotatable bonds is 4. The fourth-order valence-electron chi connectivity index (χ4n) is 0.966. The van der Waals surface area contributed by atoms with Crippen molar-refractivity contribution >= 4 is 16.6 Å². The Morgan fingerprint density at radius 1 is 1.33 bits per heavy atom. The Balaban J connectivity index is 2.69. The zero-order valence-corrected chi connectivity index (χ0v) is 9.51. The van der Waals surface area contributed by atoms with Crippen LogP contribution in [-0.4, -0.2) is 15.7 Å². The van der Waals surface area contributed by atoms with Crippen LogP contribution in [-0.2, 0) is 15.6 Å². The van der Waals surface area contributed by atoms with Crippen molar-refractivity contribution in [1.29, 1.82) is 0 Å². The van der Waals surface area contributed by atoms with Crippen LogP contribution in [0.4, 0.5) is 4.39 Å². The van der Waals surface area contributed by atoms with Gasteiger partial charge in [0.15, 0.2) is 0 Å². The lowest BCUT2D eigenvalue weighted by molar-refractivity contribution is -0.119. The van der Waals surface area contributed by atoms with Gasteiger partial charge in [0.05, 0.1) is 16.6 Å². The van der Waals surface area contributed by atoms with Gasteiger partial charge in [0.1, 0.15) is 11.6 Å². The third-order valence-electron chi connectivity index (χ3n) is 1.99. The lowest BCUT2D eigenvalue weighted by Gasteiger charge is -2.04. The minimum atomic E-state index is -1.36. The number of Topliss-reactive ketones (excluding diaryl/α,β-unsaturated/α-hetero) is 1. The molecule has 0 aliphatic heterocycles. The van der Waals surface area contributed by atoms with E-state index in [4.69, 9.17) is 0 Å². The molecule has 4 heteroatoms. The summed E-state index contributed by atoms with van der Waals surface area (Å²) in [7, 11) is -1.36. The Morgan fingerprint density at radius 2 is 1.87 bits per heavy atom. The molecule has 1 atom stereocenters. The van der Waals surface area contributed by atoms with Crippen molar-refractivity contribution in [2.45, 2.75) is 18.7 Å². The highest BCUT2D eigenvalue weighted by Crippen LogP contribution is 2.09. The number of ketones is 1. The largest absolute Gasteiger partial charge is 0.298 e. The van der Waals surface area contributed by atoms with Crippen molar-refractivity contribution in [3.05, 3.63) is 30.1 Å². The van der Waals surface area contributed by atoms with E-state index >= 15 is 0 Å². The molecule has 0 saturated carbocycles. The molecule has 0 saturated heterocycles. The Kier molecular flexibility index (Phi) is 4.15. The molecule has 1 aromatic carbocycles. The van der Waals surface area contributed by atoms with Gasteiger partial charge in [-0.3, -0.25) is 9.00 Å². The van der Waals surface area contributed by atoms with Gasteiger partial charge in [-0.25, -0.2) is 4.39 Å². The van der Waals surface area contributed by atoms with Gasteiger partial charge in [-0.2, -0.15) is 0 Å². The van der Waals surface area contributed by atoms with E-state index in [0.717, 1.165) is 0 Å². The van der Waals surface area contributed by atoms with Crippen LogP contribution in [0.1, 0.15) is 13.8 Å². The highest BCUT2D eigenvalue weighted by molar-refractivity contribution is 7.85. The third kappa shape index (κ3) is 3.55. The fraction of sp³-hybridized carbons (Fsp3) is 0.364. The van der Waals surface area contributed by atoms with Crippen LogP contribution < -0.4 is 0 Å². The Bertz CT molecular complexity index is 371. The number of hydrogen-bond acceptors (Lipinski definition) is 2. The van der Waals surface area contributed by atoms with E-state index in [1.807, 2.05) is 0 Å². The molecule has 0 N–H and O–H groups in total. The molecule has 1 unspecified atom stereocenters. The van der Waals surface area contributed by atoms with Crippen molar-refractivity contribution in [2.75, 3.05) is 5.75 Å². The maximum atomic E-state index is 12.6. The molecule has 0 heterocycles. The molecule has 82 valence electrons. The van der Waals surface area contributed by atoms with Crippen LogP contribution >= 0.6 is 0 Å². The first-order valence-corrected chi connectivity index (χ1v) is 5.99. The van der Waals surface area contributed by atoms with Gasteiger partial charge in [-0.15, -0.1) is 0 Å². The van der Waals surface area contributed by atoms with Crippen LogP contribution in [0.2, 0.25) is 0 Å². The van der Waals surface area contributed by atoms with Gasteiger partial charge >= 0.3 is 0 Å². The first-order valence-electron chi connectivity index (χ1n) is 4.67. The van der Waals surface area contributed by atoms with E-state index in [0.29, 0.717) is 4.90 Å². The highest BCUT2D eigenvalue weighted by atomic mass is 32.2. The molecule has 0 bridgehead atoms. The van der Waals surface area contributed by atoms with Gasteiger partial charge in [-0.05, 0) is 24.3 Å². The Labute approximate surface area is 91.0 Å². The van der Waals surface area contributed by atoms with Crippen molar-refractivity contribution < 1.29 is 13.4 Å². The Morgan fingerprint density at radius 3 is 2.33 bits per heavy atom. The third-order valence-corrected chi connectivity index (χ3v) is 3.34. The highest BCUT2D eigenvalue weighted by Gasteiger charge is 2.13. The van der Waals surface area contributed by atoms with Gasteiger partial charge in [-0.1, -0.05) is 13.8 Å². The quantitative estimate of drug-likeness (QED) is 0.791. The van der Waals surface area contributed by atoms with Crippen LogP contribution in [0.15, 0.2) is 29.2 Å². The van der Waals surface area contributed by atoms with E-state index in [1.54, 1.807) is 13.8 Å². The summed E-state index contributed by atoms with van der Waals surface area (Å²) < 4.78 is 24.2. The molecule has 15 heavy (non-hydrogen) atoms. The molecular formula is C11H13FO2S. The summed E-state index contributed by atoms with van der Waals surface area (Å²) >= 11 is 0. The summed E-state index contributed by atoms with van der Waals surface area (Å²) in [6.45, 7) is 3.54. The predicted molar refractivity (Wildman–Crippen MR) is 57.5 cm³/mol. The molecule has 2 nitrogen and oxygen atoms in total.